The van der Waals surface area contributed by atoms with E-state index in [4.69, 9.17) is 16.0 Å². The summed E-state index contributed by atoms with van der Waals surface area (Å²) >= 11 is 6.18. The average Bonchev–Trinajstić information content (AvgIpc) is 3.39. The maximum atomic E-state index is 12.7. The minimum Gasteiger partial charge on any atom is -0.478 e. The average molecular weight is 494 g/mol. The molecule has 1 aliphatic rings. The predicted octanol–water partition coefficient (Wildman–Crippen LogP) is 4.39. The molecule has 0 saturated carbocycles. The number of amides is 4. The van der Waals surface area contributed by atoms with Gasteiger partial charge in [0.05, 0.1) is 10.6 Å². The van der Waals surface area contributed by atoms with Crippen LogP contribution in [0.3, 0.4) is 0 Å². The summed E-state index contributed by atoms with van der Waals surface area (Å²) in [4.78, 5) is 49.6. The normalized spacial score (nSPS) is 14.3. The molecule has 0 bridgehead atoms. The minimum absolute atomic E-state index is 0.0365. The number of nitrogens with one attached hydrogen (secondary N) is 2. The molecule has 2 heterocycles. The SMILES string of the molecule is CCc1ccccc1NC(=O)CN1C(=O)NC(=Cc2ccc(-c3cc(C(=O)O)ccc3Cl)o2)C1=O. The molecule has 3 aromatic rings. The van der Waals surface area contributed by atoms with Gasteiger partial charge in [-0.2, -0.15) is 0 Å². The second-order valence-corrected chi connectivity index (χ2v) is 8.05. The molecule has 3 N–H and O–H groups in total. The Morgan fingerprint density at radius 3 is 2.66 bits per heavy atom. The highest BCUT2D eigenvalue weighted by molar-refractivity contribution is 6.33. The fourth-order valence-corrected chi connectivity index (χ4v) is 3.77. The minimum atomic E-state index is -1.11. The molecule has 0 spiro atoms. The second kappa shape index (κ2) is 9.86. The van der Waals surface area contributed by atoms with Gasteiger partial charge in [0, 0.05) is 17.3 Å². The van der Waals surface area contributed by atoms with E-state index >= 15 is 0 Å². The zero-order chi connectivity index (χ0) is 25.1. The topological polar surface area (TPSA) is 129 Å². The van der Waals surface area contributed by atoms with Crippen LogP contribution in [0.15, 0.2) is 64.7 Å². The Bertz CT molecular complexity index is 1380. The van der Waals surface area contributed by atoms with Crippen molar-refractivity contribution in [2.75, 3.05) is 11.9 Å². The molecule has 2 aromatic carbocycles. The van der Waals surface area contributed by atoms with Gasteiger partial charge in [-0.15, -0.1) is 0 Å². The zero-order valence-electron chi connectivity index (χ0n) is 18.5. The largest absolute Gasteiger partial charge is 0.478 e. The van der Waals surface area contributed by atoms with E-state index in [0.717, 1.165) is 10.5 Å². The maximum Gasteiger partial charge on any atom is 0.335 e. The van der Waals surface area contributed by atoms with E-state index in [1.807, 2.05) is 19.1 Å². The monoisotopic (exact) mass is 493 g/mol. The summed E-state index contributed by atoms with van der Waals surface area (Å²) in [5.74, 6) is -1.80. The summed E-state index contributed by atoms with van der Waals surface area (Å²) in [6, 6.07) is 13.9. The maximum absolute atomic E-state index is 12.7. The van der Waals surface area contributed by atoms with Gasteiger partial charge in [-0.25, -0.2) is 14.5 Å². The third kappa shape index (κ3) is 5.10. The Hall–Kier alpha value is -4.37. The van der Waals surface area contributed by atoms with Gasteiger partial charge in [0.15, 0.2) is 0 Å². The Morgan fingerprint density at radius 2 is 1.91 bits per heavy atom. The number of para-hydroxylation sites is 1. The summed E-state index contributed by atoms with van der Waals surface area (Å²) in [6.45, 7) is 1.50. The third-order valence-corrected chi connectivity index (χ3v) is 5.66. The number of furan rings is 1. The number of urea groups is 1. The van der Waals surface area contributed by atoms with E-state index in [9.17, 15) is 24.3 Å². The molecular weight excluding hydrogens is 474 g/mol. The van der Waals surface area contributed by atoms with Crippen LogP contribution in [0.1, 0.15) is 28.6 Å². The van der Waals surface area contributed by atoms with E-state index in [0.29, 0.717) is 17.7 Å². The van der Waals surface area contributed by atoms with Crippen molar-refractivity contribution in [3.63, 3.8) is 0 Å². The Kier molecular flexibility index (Phi) is 6.70. The number of benzene rings is 2. The van der Waals surface area contributed by atoms with E-state index in [1.165, 1.54) is 24.3 Å². The highest BCUT2D eigenvalue weighted by atomic mass is 35.5. The van der Waals surface area contributed by atoms with E-state index in [2.05, 4.69) is 10.6 Å². The summed E-state index contributed by atoms with van der Waals surface area (Å²) in [6.07, 6.45) is 2.03. The summed E-state index contributed by atoms with van der Waals surface area (Å²) in [5, 5.41) is 14.6. The van der Waals surface area contributed by atoms with Crippen molar-refractivity contribution >= 4 is 47.2 Å². The molecule has 9 nitrogen and oxygen atoms in total. The van der Waals surface area contributed by atoms with Crippen LogP contribution in [-0.2, 0) is 16.0 Å². The fraction of sp³-hybridized carbons (Fsp3) is 0.120. The van der Waals surface area contributed by atoms with Gasteiger partial charge in [0.1, 0.15) is 23.8 Å². The standard InChI is InChI=1S/C25H20ClN3O6/c1-2-14-5-3-4-6-19(14)27-22(30)13-29-23(31)20(28-25(29)34)12-16-8-10-21(35-16)17-11-15(24(32)33)7-9-18(17)26/h3-12H,2,13H2,1H3,(H,27,30)(H,28,34)(H,32,33). The van der Waals surface area contributed by atoms with Crippen molar-refractivity contribution in [3.05, 3.63) is 82.2 Å². The predicted molar refractivity (Wildman–Crippen MR) is 129 cm³/mol. The lowest BCUT2D eigenvalue weighted by molar-refractivity contribution is -0.127. The Morgan fingerprint density at radius 1 is 1.14 bits per heavy atom. The summed E-state index contributed by atoms with van der Waals surface area (Å²) in [7, 11) is 0. The van der Waals surface area contributed by atoms with Crippen LogP contribution in [0.2, 0.25) is 5.02 Å². The van der Waals surface area contributed by atoms with Gasteiger partial charge in [-0.05, 0) is 48.4 Å². The van der Waals surface area contributed by atoms with Crippen molar-refractivity contribution in [2.24, 2.45) is 0 Å². The number of hydrogen-bond donors (Lipinski definition) is 3. The van der Waals surface area contributed by atoms with Crippen LogP contribution in [0.4, 0.5) is 10.5 Å². The number of anilines is 1. The lowest BCUT2D eigenvalue weighted by Crippen LogP contribution is -2.38. The molecule has 10 heteroatoms. The number of carbonyl (C=O) groups is 4. The molecule has 4 rings (SSSR count). The number of carboxylic acid groups (broad SMARTS) is 1. The molecule has 1 aliphatic heterocycles. The van der Waals surface area contributed by atoms with Crippen molar-refractivity contribution in [2.45, 2.75) is 13.3 Å². The molecule has 0 radical (unpaired) electrons. The number of aromatic carboxylic acids is 1. The van der Waals surface area contributed by atoms with Crippen LogP contribution in [0, 0.1) is 0 Å². The van der Waals surface area contributed by atoms with Crippen LogP contribution >= 0.6 is 11.6 Å². The Labute approximate surface area is 205 Å². The zero-order valence-corrected chi connectivity index (χ0v) is 19.3. The molecule has 35 heavy (non-hydrogen) atoms. The van der Waals surface area contributed by atoms with Gasteiger partial charge >= 0.3 is 12.0 Å². The van der Waals surface area contributed by atoms with Crippen molar-refractivity contribution in [3.8, 4) is 11.3 Å². The second-order valence-electron chi connectivity index (χ2n) is 7.64. The first-order valence-corrected chi connectivity index (χ1v) is 11.0. The van der Waals surface area contributed by atoms with Crippen LogP contribution < -0.4 is 10.6 Å². The van der Waals surface area contributed by atoms with Crippen LogP contribution in [-0.4, -0.2) is 40.4 Å². The number of aryl methyl sites for hydroxylation is 1. The molecule has 1 fully saturated rings. The molecule has 0 unspecified atom stereocenters. The van der Waals surface area contributed by atoms with Gasteiger partial charge in [0.25, 0.3) is 5.91 Å². The molecular formula is C25H20ClN3O6. The molecule has 178 valence electrons. The molecule has 1 saturated heterocycles. The van der Waals surface area contributed by atoms with Crippen LogP contribution in [0.25, 0.3) is 17.4 Å². The number of hydrogen-bond acceptors (Lipinski definition) is 5. The number of imide groups is 1. The van der Waals surface area contributed by atoms with Gasteiger partial charge in [0.2, 0.25) is 5.91 Å². The third-order valence-electron chi connectivity index (χ3n) is 5.33. The number of halogens is 1. The van der Waals surface area contributed by atoms with E-state index in [1.54, 1.807) is 24.3 Å². The number of rotatable bonds is 7. The lowest BCUT2D eigenvalue weighted by Gasteiger charge is -2.13. The van der Waals surface area contributed by atoms with Gasteiger partial charge in [-0.3, -0.25) is 9.59 Å². The highest BCUT2D eigenvalue weighted by Crippen LogP contribution is 2.31. The van der Waals surface area contributed by atoms with E-state index < -0.39 is 30.4 Å². The Balaban J connectivity index is 1.49. The summed E-state index contributed by atoms with van der Waals surface area (Å²) < 4.78 is 5.70. The first kappa shape index (κ1) is 23.8. The smallest absolute Gasteiger partial charge is 0.335 e. The van der Waals surface area contributed by atoms with Gasteiger partial charge < -0.3 is 20.2 Å². The first-order valence-electron chi connectivity index (χ1n) is 10.6. The van der Waals surface area contributed by atoms with E-state index in [-0.39, 0.29) is 27.8 Å². The molecule has 0 atom stereocenters. The first-order chi connectivity index (χ1) is 16.8. The highest BCUT2D eigenvalue weighted by Gasteiger charge is 2.35. The number of carboxylic acids is 1. The quantitative estimate of drug-likeness (QED) is 0.330. The summed E-state index contributed by atoms with van der Waals surface area (Å²) in [5.41, 5.74) is 1.89. The van der Waals surface area contributed by atoms with Crippen LogP contribution in [0.5, 0.6) is 0 Å². The number of carbonyl (C=O) groups excluding carboxylic acids is 3. The molecule has 4 amide bonds. The lowest BCUT2D eigenvalue weighted by atomic mass is 10.1. The molecule has 0 aliphatic carbocycles. The van der Waals surface area contributed by atoms with Crippen molar-refractivity contribution < 1.29 is 28.7 Å². The van der Waals surface area contributed by atoms with Crippen molar-refractivity contribution in [1.82, 2.24) is 10.2 Å². The fourth-order valence-electron chi connectivity index (χ4n) is 3.56. The molecule has 1 aromatic heterocycles. The van der Waals surface area contributed by atoms with Gasteiger partial charge in [-0.1, -0.05) is 36.7 Å². The number of nitrogens with zero attached hydrogens (tertiary/aromatic N) is 1. The van der Waals surface area contributed by atoms with Crippen molar-refractivity contribution in [1.29, 1.82) is 0 Å².